The molecule has 0 spiro atoms. The van der Waals surface area contributed by atoms with E-state index in [1.54, 1.807) is 0 Å². The van der Waals surface area contributed by atoms with E-state index in [0.29, 0.717) is 5.92 Å². The lowest BCUT2D eigenvalue weighted by Gasteiger charge is -2.27. The summed E-state index contributed by atoms with van der Waals surface area (Å²) in [7, 11) is 0. The maximum Gasteiger partial charge on any atom is 0.0440 e. The van der Waals surface area contributed by atoms with Crippen molar-refractivity contribution in [2.45, 2.75) is 32.2 Å². The van der Waals surface area contributed by atoms with Crippen LogP contribution in [0.3, 0.4) is 0 Å². The molecule has 1 nitrogen and oxygen atoms in total. The number of rotatable bonds is 1. The fourth-order valence-electron chi connectivity index (χ4n) is 2.22. The summed E-state index contributed by atoms with van der Waals surface area (Å²) in [6.07, 6.45) is 3.37. The quantitative estimate of drug-likeness (QED) is 0.757. The first kappa shape index (κ1) is 10.0. The second-order valence-corrected chi connectivity index (χ2v) is 4.65. The number of benzene rings is 1. The Morgan fingerprint density at radius 2 is 2.29 bits per heavy atom. The Bertz CT molecular complexity index is 333. The van der Waals surface area contributed by atoms with Gasteiger partial charge in [-0.1, -0.05) is 23.7 Å². The molecule has 2 heteroatoms. The Kier molecular flexibility index (Phi) is 2.80. The second kappa shape index (κ2) is 3.92. The Labute approximate surface area is 90.3 Å². The minimum absolute atomic E-state index is 0.277. The third-order valence-corrected chi connectivity index (χ3v) is 3.56. The molecule has 14 heavy (non-hydrogen) atoms. The van der Waals surface area contributed by atoms with Gasteiger partial charge in [-0.2, -0.15) is 0 Å². The molecular weight excluding hydrogens is 194 g/mol. The largest absolute Gasteiger partial charge is 0.328 e. The maximum atomic E-state index is 6.17. The van der Waals surface area contributed by atoms with Gasteiger partial charge < -0.3 is 5.73 Å². The van der Waals surface area contributed by atoms with E-state index in [1.807, 2.05) is 12.1 Å². The smallest absolute Gasteiger partial charge is 0.0440 e. The monoisotopic (exact) mass is 209 g/mol. The van der Waals surface area contributed by atoms with Crippen LogP contribution in [0.1, 0.15) is 24.5 Å². The molecule has 1 aromatic carbocycles. The standard InChI is InChI=1S/C12H16ClN/c1-8(14)10-6-5-9-3-2-4-12(13)11(9)7-10/h2-4,8,10H,5-7,14H2,1H3. The third-order valence-electron chi connectivity index (χ3n) is 3.21. The number of hydrogen-bond donors (Lipinski definition) is 1. The van der Waals surface area contributed by atoms with E-state index in [4.69, 9.17) is 17.3 Å². The molecule has 2 unspecified atom stereocenters. The van der Waals surface area contributed by atoms with E-state index in [-0.39, 0.29) is 6.04 Å². The van der Waals surface area contributed by atoms with Gasteiger partial charge in [-0.05, 0) is 49.3 Å². The van der Waals surface area contributed by atoms with Crippen molar-refractivity contribution in [3.05, 3.63) is 34.3 Å². The minimum Gasteiger partial charge on any atom is -0.328 e. The average molecular weight is 210 g/mol. The summed E-state index contributed by atoms with van der Waals surface area (Å²) in [5, 5.41) is 0.910. The van der Waals surface area contributed by atoms with Crippen LogP contribution in [0.15, 0.2) is 18.2 Å². The van der Waals surface area contributed by atoms with E-state index in [9.17, 15) is 0 Å². The summed E-state index contributed by atoms with van der Waals surface area (Å²) in [5.74, 6) is 0.599. The molecule has 1 aliphatic carbocycles. The molecule has 0 amide bonds. The number of nitrogens with two attached hydrogens (primary N) is 1. The lowest BCUT2D eigenvalue weighted by atomic mass is 9.81. The van der Waals surface area contributed by atoms with Crippen molar-refractivity contribution in [2.75, 3.05) is 0 Å². The molecule has 2 rings (SSSR count). The van der Waals surface area contributed by atoms with E-state index in [2.05, 4.69) is 13.0 Å². The highest BCUT2D eigenvalue weighted by Crippen LogP contribution is 2.31. The van der Waals surface area contributed by atoms with Crippen LogP contribution < -0.4 is 5.73 Å². The minimum atomic E-state index is 0.277. The van der Waals surface area contributed by atoms with E-state index in [1.165, 1.54) is 17.5 Å². The first-order valence-corrected chi connectivity index (χ1v) is 5.58. The van der Waals surface area contributed by atoms with Gasteiger partial charge in [0, 0.05) is 11.1 Å². The molecule has 2 N–H and O–H groups in total. The highest BCUT2D eigenvalue weighted by atomic mass is 35.5. The summed E-state index contributed by atoms with van der Waals surface area (Å²) in [4.78, 5) is 0. The summed E-state index contributed by atoms with van der Waals surface area (Å²) >= 11 is 6.17. The molecule has 0 saturated carbocycles. The molecule has 2 atom stereocenters. The average Bonchev–Trinajstić information content (AvgIpc) is 2.18. The third kappa shape index (κ3) is 1.79. The van der Waals surface area contributed by atoms with Gasteiger partial charge in [0.15, 0.2) is 0 Å². The van der Waals surface area contributed by atoms with Crippen molar-refractivity contribution in [1.82, 2.24) is 0 Å². The van der Waals surface area contributed by atoms with Crippen LogP contribution in [0.4, 0.5) is 0 Å². The molecule has 0 radical (unpaired) electrons. The van der Waals surface area contributed by atoms with Crippen molar-refractivity contribution < 1.29 is 0 Å². The molecule has 0 aliphatic heterocycles. The summed E-state index contributed by atoms with van der Waals surface area (Å²) in [6.45, 7) is 2.09. The zero-order chi connectivity index (χ0) is 10.1. The Morgan fingerprint density at radius 3 is 3.00 bits per heavy atom. The fraction of sp³-hybridized carbons (Fsp3) is 0.500. The summed E-state index contributed by atoms with van der Waals surface area (Å²) in [5.41, 5.74) is 8.66. The zero-order valence-electron chi connectivity index (χ0n) is 8.46. The lowest BCUT2D eigenvalue weighted by molar-refractivity contribution is 0.393. The second-order valence-electron chi connectivity index (χ2n) is 4.24. The summed E-state index contributed by atoms with van der Waals surface area (Å²) in [6, 6.07) is 6.47. The highest BCUT2D eigenvalue weighted by molar-refractivity contribution is 6.31. The molecule has 0 aromatic heterocycles. The van der Waals surface area contributed by atoms with Crippen LogP contribution in [0.2, 0.25) is 5.02 Å². The van der Waals surface area contributed by atoms with Crippen molar-refractivity contribution in [3.63, 3.8) is 0 Å². The molecular formula is C12H16ClN. The molecule has 0 fully saturated rings. The van der Waals surface area contributed by atoms with Crippen molar-refractivity contribution >= 4 is 11.6 Å². The molecule has 0 heterocycles. The van der Waals surface area contributed by atoms with Gasteiger partial charge in [0.05, 0.1) is 0 Å². The van der Waals surface area contributed by atoms with E-state index >= 15 is 0 Å². The van der Waals surface area contributed by atoms with Gasteiger partial charge in [0.2, 0.25) is 0 Å². The predicted octanol–water partition coefficient (Wildman–Crippen LogP) is 2.79. The number of halogens is 1. The topological polar surface area (TPSA) is 26.0 Å². The number of aryl methyl sites for hydroxylation is 1. The number of fused-ring (bicyclic) bond motifs is 1. The molecule has 0 bridgehead atoms. The lowest BCUT2D eigenvalue weighted by Crippen LogP contribution is -2.31. The Morgan fingerprint density at radius 1 is 1.50 bits per heavy atom. The summed E-state index contributed by atoms with van der Waals surface area (Å²) < 4.78 is 0. The van der Waals surface area contributed by atoms with Crippen LogP contribution in [0, 0.1) is 5.92 Å². The molecule has 1 aromatic rings. The van der Waals surface area contributed by atoms with Crippen LogP contribution in [0.25, 0.3) is 0 Å². The van der Waals surface area contributed by atoms with Crippen molar-refractivity contribution in [2.24, 2.45) is 11.7 Å². The van der Waals surface area contributed by atoms with Gasteiger partial charge >= 0.3 is 0 Å². The van der Waals surface area contributed by atoms with Gasteiger partial charge in [0.1, 0.15) is 0 Å². The molecule has 0 saturated heterocycles. The highest BCUT2D eigenvalue weighted by Gasteiger charge is 2.22. The molecule has 1 aliphatic rings. The van der Waals surface area contributed by atoms with E-state index in [0.717, 1.165) is 17.9 Å². The maximum absolute atomic E-state index is 6.17. The van der Waals surface area contributed by atoms with Gasteiger partial charge in [-0.3, -0.25) is 0 Å². The zero-order valence-corrected chi connectivity index (χ0v) is 9.22. The fourth-order valence-corrected chi connectivity index (χ4v) is 2.49. The normalized spacial score (nSPS) is 22.9. The molecule has 76 valence electrons. The first-order valence-electron chi connectivity index (χ1n) is 5.20. The number of hydrogen-bond acceptors (Lipinski definition) is 1. The Balaban J connectivity index is 2.29. The predicted molar refractivity (Wildman–Crippen MR) is 60.6 cm³/mol. The van der Waals surface area contributed by atoms with Gasteiger partial charge in [-0.25, -0.2) is 0 Å². The van der Waals surface area contributed by atoms with Gasteiger partial charge in [0.25, 0.3) is 0 Å². The van der Waals surface area contributed by atoms with Crippen molar-refractivity contribution in [1.29, 1.82) is 0 Å². The van der Waals surface area contributed by atoms with Crippen LogP contribution >= 0.6 is 11.6 Å². The van der Waals surface area contributed by atoms with Crippen LogP contribution in [-0.2, 0) is 12.8 Å². The Hall–Kier alpha value is -0.530. The van der Waals surface area contributed by atoms with Crippen LogP contribution in [-0.4, -0.2) is 6.04 Å². The van der Waals surface area contributed by atoms with Gasteiger partial charge in [-0.15, -0.1) is 0 Å². The first-order chi connectivity index (χ1) is 6.68. The van der Waals surface area contributed by atoms with Crippen LogP contribution in [0.5, 0.6) is 0 Å². The van der Waals surface area contributed by atoms with E-state index < -0.39 is 0 Å². The SMILES string of the molecule is CC(N)C1CCc2cccc(Cl)c2C1. The van der Waals surface area contributed by atoms with Crippen molar-refractivity contribution in [3.8, 4) is 0 Å².